The van der Waals surface area contributed by atoms with Crippen molar-refractivity contribution in [3.05, 3.63) is 57.0 Å². The maximum Gasteiger partial charge on any atom is 0.338 e. The average molecular weight is 414 g/mol. The molecular formula is C20H22N4O4S. The van der Waals surface area contributed by atoms with Gasteiger partial charge in [-0.2, -0.15) is 9.61 Å². The first-order chi connectivity index (χ1) is 13.9. The predicted molar refractivity (Wildman–Crippen MR) is 110 cm³/mol. The molecule has 8 nitrogen and oxygen atoms in total. The molecule has 0 fully saturated rings. The van der Waals surface area contributed by atoms with Gasteiger partial charge >= 0.3 is 5.97 Å². The zero-order chi connectivity index (χ0) is 21.0. The van der Waals surface area contributed by atoms with Crippen LogP contribution in [0.5, 0.6) is 0 Å². The van der Waals surface area contributed by atoms with E-state index >= 15 is 0 Å². The summed E-state index contributed by atoms with van der Waals surface area (Å²) in [6, 6.07) is 7.76. The van der Waals surface area contributed by atoms with Crippen LogP contribution in [0.2, 0.25) is 0 Å². The first kappa shape index (κ1) is 20.7. The summed E-state index contributed by atoms with van der Waals surface area (Å²) in [4.78, 5) is 40.9. The fourth-order valence-corrected chi connectivity index (χ4v) is 3.47. The molecule has 2 heterocycles. The number of hydrogen-bond donors (Lipinski definition) is 1. The lowest BCUT2D eigenvalue weighted by atomic mass is 10.2. The van der Waals surface area contributed by atoms with E-state index in [9.17, 15) is 14.4 Å². The molecule has 0 radical (unpaired) electrons. The third-order valence-electron chi connectivity index (χ3n) is 4.04. The lowest BCUT2D eigenvalue weighted by molar-refractivity contribution is -0.116. The Morgan fingerprint density at radius 2 is 1.97 bits per heavy atom. The lowest BCUT2D eigenvalue weighted by Gasteiger charge is -2.07. The fraction of sp³-hybridized carbons (Fsp3) is 0.350. The van der Waals surface area contributed by atoms with Crippen molar-refractivity contribution in [2.24, 2.45) is 0 Å². The second-order valence-corrected chi connectivity index (χ2v) is 7.81. The monoisotopic (exact) mass is 414 g/mol. The molecule has 0 unspecified atom stereocenters. The largest absolute Gasteiger partial charge is 0.456 e. The van der Waals surface area contributed by atoms with Crippen LogP contribution in [0.1, 0.15) is 60.6 Å². The summed E-state index contributed by atoms with van der Waals surface area (Å²) in [5.74, 6) is -0.415. The number of aromatic nitrogens is 3. The average Bonchev–Trinajstić information content (AvgIpc) is 3.12. The lowest BCUT2D eigenvalue weighted by Crippen LogP contribution is -2.17. The van der Waals surface area contributed by atoms with Gasteiger partial charge in [-0.05, 0) is 30.7 Å². The van der Waals surface area contributed by atoms with Crippen LogP contribution in [0.3, 0.4) is 0 Å². The van der Waals surface area contributed by atoms with Crippen LogP contribution in [-0.2, 0) is 16.1 Å². The highest BCUT2D eigenvalue weighted by atomic mass is 32.1. The molecule has 0 aliphatic rings. The molecule has 0 aliphatic heterocycles. The Hall–Kier alpha value is -3.07. The van der Waals surface area contributed by atoms with Crippen LogP contribution in [0.4, 0.5) is 5.69 Å². The summed E-state index contributed by atoms with van der Waals surface area (Å²) < 4.78 is 6.54. The number of esters is 1. The molecule has 29 heavy (non-hydrogen) atoms. The highest BCUT2D eigenvalue weighted by Crippen LogP contribution is 2.20. The number of nitrogens with one attached hydrogen (secondary N) is 1. The molecule has 0 saturated heterocycles. The first-order valence-electron chi connectivity index (χ1n) is 9.34. The van der Waals surface area contributed by atoms with Crippen LogP contribution in [0.25, 0.3) is 4.96 Å². The topological polar surface area (TPSA) is 103 Å². The third-order valence-corrected chi connectivity index (χ3v) is 5.25. The van der Waals surface area contributed by atoms with E-state index in [1.807, 2.05) is 20.8 Å². The third kappa shape index (κ3) is 5.05. The molecule has 0 bridgehead atoms. The summed E-state index contributed by atoms with van der Waals surface area (Å²) in [5, 5.41) is 7.83. The van der Waals surface area contributed by atoms with Crippen molar-refractivity contribution in [2.75, 3.05) is 5.32 Å². The van der Waals surface area contributed by atoms with Gasteiger partial charge in [-0.1, -0.05) is 32.1 Å². The van der Waals surface area contributed by atoms with Crippen molar-refractivity contribution in [2.45, 2.75) is 46.1 Å². The van der Waals surface area contributed by atoms with Gasteiger partial charge in [-0.3, -0.25) is 9.59 Å². The van der Waals surface area contributed by atoms with Crippen molar-refractivity contribution in [1.29, 1.82) is 0 Å². The van der Waals surface area contributed by atoms with Gasteiger partial charge in [0.15, 0.2) is 0 Å². The maximum absolute atomic E-state index is 12.3. The van der Waals surface area contributed by atoms with E-state index in [4.69, 9.17) is 4.74 Å². The zero-order valence-corrected chi connectivity index (χ0v) is 17.3. The minimum absolute atomic E-state index is 0.0701. The number of carbonyl (C=O) groups excluding carboxylic acids is 2. The van der Waals surface area contributed by atoms with Gasteiger partial charge in [0.25, 0.3) is 5.56 Å². The summed E-state index contributed by atoms with van der Waals surface area (Å²) in [5.41, 5.74) is 1.02. The summed E-state index contributed by atoms with van der Waals surface area (Å²) >= 11 is 1.34. The SMILES string of the molecule is CCCC(=O)Nc1ccc(C(=O)OCc2cc(=O)n3nc(C(C)C)sc3n2)cc1. The van der Waals surface area contributed by atoms with E-state index in [1.54, 1.807) is 24.3 Å². The number of hydrogen-bond acceptors (Lipinski definition) is 7. The van der Waals surface area contributed by atoms with Gasteiger partial charge < -0.3 is 10.1 Å². The Morgan fingerprint density at radius 1 is 1.24 bits per heavy atom. The number of benzene rings is 1. The second-order valence-electron chi connectivity index (χ2n) is 6.83. The van der Waals surface area contributed by atoms with Crippen LogP contribution in [-0.4, -0.2) is 26.5 Å². The quantitative estimate of drug-likeness (QED) is 0.595. The molecule has 2 aromatic heterocycles. The Morgan fingerprint density at radius 3 is 2.62 bits per heavy atom. The number of rotatable bonds is 7. The molecule has 9 heteroatoms. The zero-order valence-electron chi connectivity index (χ0n) is 16.5. The molecular weight excluding hydrogens is 392 g/mol. The Balaban J connectivity index is 1.65. The molecule has 1 amide bonds. The number of carbonyl (C=O) groups is 2. The normalized spacial score (nSPS) is 11.0. The molecule has 3 aromatic rings. The van der Waals surface area contributed by atoms with E-state index in [0.717, 1.165) is 11.4 Å². The van der Waals surface area contributed by atoms with Crippen LogP contribution in [0, 0.1) is 0 Å². The number of ether oxygens (including phenoxy) is 1. The minimum atomic E-state index is -0.536. The van der Waals surface area contributed by atoms with Gasteiger partial charge in [0.1, 0.15) is 11.6 Å². The number of nitrogens with zero attached hydrogens (tertiary/aromatic N) is 3. The van der Waals surface area contributed by atoms with Crippen molar-refractivity contribution in [3.8, 4) is 0 Å². The smallest absolute Gasteiger partial charge is 0.338 e. The van der Waals surface area contributed by atoms with Crippen LogP contribution >= 0.6 is 11.3 Å². The van der Waals surface area contributed by atoms with Crippen molar-refractivity contribution >= 4 is 33.9 Å². The van der Waals surface area contributed by atoms with E-state index in [1.165, 1.54) is 21.9 Å². The van der Waals surface area contributed by atoms with E-state index < -0.39 is 5.97 Å². The molecule has 0 atom stereocenters. The van der Waals surface area contributed by atoms with Crippen LogP contribution < -0.4 is 10.9 Å². The van der Waals surface area contributed by atoms with Crippen molar-refractivity contribution in [3.63, 3.8) is 0 Å². The van der Waals surface area contributed by atoms with Crippen LogP contribution in [0.15, 0.2) is 35.1 Å². The standard InChI is InChI=1S/C20H22N4O4S/c1-4-5-16(25)21-14-8-6-13(7-9-14)19(27)28-11-15-10-17(26)24-20(22-15)29-18(23-24)12(2)3/h6-10,12H,4-5,11H2,1-3H3,(H,21,25). The van der Waals surface area contributed by atoms with Crippen molar-refractivity contribution in [1.82, 2.24) is 14.6 Å². The second kappa shape index (κ2) is 8.95. The fourth-order valence-electron chi connectivity index (χ4n) is 2.54. The summed E-state index contributed by atoms with van der Waals surface area (Å²) in [7, 11) is 0. The molecule has 1 N–H and O–H groups in total. The highest BCUT2D eigenvalue weighted by Gasteiger charge is 2.13. The molecule has 3 rings (SSSR count). The van der Waals surface area contributed by atoms with E-state index in [2.05, 4.69) is 15.4 Å². The number of anilines is 1. The van der Waals surface area contributed by atoms with Crippen molar-refractivity contribution < 1.29 is 14.3 Å². The van der Waals surface area contributed by atoms with Gasteiger partial charge in [-0.15, -0.1) is 0 Å². The minimum Gasteiger partial charge on any atom is -0.456 e. The predicted octanol–water partition coefficient (Wildman–Crippen LogP) is 3.37. The van der Waals surface area contributed by atoms with Gasteiger partial charge in [0, 0.05) is 24.1 Å². The Labute approximate surface area is 171 Å². The maximum atomic E-state index is 12.3. The molecule has 0 aliphatic carbocycles. The molecule has 152 valence electrons. The van der Waals surface area contributed by atoms with Gasteiger partial charge in [0.2, 0.25) is 10.9 Å². The van der Waals surface area contributed by atoms with E-state index in [0.29, 0.717) is 28.3 Å². The Kier molecular flexibility index (Phi) is 6.38. The highest BCUT2D eigenvalue weighted by molar-refractivity contribution is 7.16. The summed E-state index contributed by atoms with van der Waals surface area (Å²) in [6.07, 6.45) is 1.21. The number of amides is 1. The first-order valence-corrected chi connectivity index (χ1v) is 10.2. The summed E-state index contributed by atoms with van der Waals surface area (Å²) in [6.45, 7) is 5.80. The van der Waals surface area contributed by atoms with E-state index in [-0.39, 0.29) is 24.0 Å². The molecule has 0 saturated carbocycles. The number of fused-ring (bicyclic) bond motifs is 1. The Bertz CT molecular complexity index is 1090. The molecule has 0 spiro atoms. The molecule has 1 aromatic carbocycles. The van der Waals surface area contributed by atoms with Gasteiger partial charge in [0.05, 0.1) is 11.3 Å². The van der Waals surface area contributed by atoms with Gasteiger partial charge in [-0.25, -0.2) is 9.78 Å².